The quantitative estimate of drug-likeness (QED) is 0.886. The summed E-state index contributed by atoms with van der Waals surface area (Å²) in [4.78, 5) is 12.1. The van der Waals surface area contributed by atoms with Crippen LogP contribution in [0.4, 0.5) is 13.6 Å². The molecule has 2 N–H and O–H groups in total. The van der Waals surface area contributed by atoms with Gasteiger partial charge in [0.2, 0.25) is 0 Å². The summed E-state index contributed by atoms with van der Waals surface area (Å²) in [6, 6.07) is 3.63. The molecule has 0 bridgehead atoms. The Kier molecular flexibility index (Phi) is 4.28. The molecule has 1 heterocycles. The molecule has 0 aromatic heterocycles. The molecule has 0 radical (unpaired) electrons. The molecule has 3 unspecified atom stereocenters. The number of nitrogens with one attached hydrogen (secondary N) is 2. The zero-order valence-corrected chi connectivity index (χ0v) is 14.3. The van der Waals surface area contributed by atoms with Gasteiger partial charge in [0, 0.05) is 30.5 Å². The number of hydrogen-bond donors (Lipinski definition) is 2. The van der Waals surface area contributed by atoms with Gasteiger partial charge in [-0.2, -0.15) is 0 Å². The van der Waals surface area contributed by atoms with Gasteiger partial charge < -0.3 is 15.4 Å². The maximum atomic E-state index is 13.4. The molecule has 132 valence electrons. The normalized spacial score (nSPS) is 30.9. The topological polar surface area (TPSA) is 50.4 Å². The van der Waals surface area contributed by atoms with Crippen molar-refractivity contribution in [3.05, 3.63) is 35.4 Å². The molecule has 1 aromatic carbocycles. The Morgan fingerprint density at radius 1 is 1.29 bits per heavy atom. The van der Waals surface area contributed by atoms with Gasteiger partial charge in [-0.05, 0) is 44.4 Å². The van der Waals surface area contributed by atoms with Crippen molar-refractivity contribution in [2.75, 3.05) is 13.2 Å². The second-order valence-corrected chi connectivity index (χ2v) is 7.59. The Bertz CT molecular complexity index is 650. The number of benzene rings is 1. The number of carbonyl (C=O) groups excluding carboxylic acids is 1. The first-order valence-electron chi connectivity index (χ1n) is 8.36. The summed E-state index contributed by atoms with van der Waals surface area (Å²) in [6.45, 7) is 7.29. The largest absolute Gasteiger partial charge is 0.375 e. The molecule has 0 spiro atoms. The fraction of sp³-hybridized carbons (Fsp3) is 0.611. The summed E-state index contributed by atoms with van der Waals surface area (Å²) in [5.74, 6) is -1.42. The van der Waals surface area contributed by atoms with E-state index in [1.807, 2.05) is 20.8 Å². The molecule has 1 aliphatic heterocycles. The highest BCUT2D eigenvalue weighted by Crippen LogP contribution is 2.48. The number of carbonyl (C=O) groups is 1. The maximum Gasteiger partial charge on any atom is 0.315 e. The first-order chi connectivity index (χ1) is 11.2. The molecule has 24 heavy (non-hydrogen) atoms. The summed E-state index contributed by atoms with van der Waals surface area (Å²) in [6.07, 6.45) is 1.65. The summed E-state index contributed by atoms with van der Waals surface area (Å²) >= 11 is 0. The Morgan fingerprint density at radius 3 is 2.67 bits per heavy atom. The molecular weight excluding hydrogens is 314 g/mol. The molecule has 1 saturated heterocycles. The van der Waals surface area contributed by atoms with Crippen LogP contribution in [0.5, 0.6) is 0 Å². The number of halogens is 2. The van der Waals surface area contributed by atoms with Crippen molar-refractivity contribution in [1.29, 1.82) is 0 Å². The standard InChI is InChI=1S/C18H24F2N2O2/c1-17(2)12(6-7-24-17)10-21-16(23)22-15-9-18(15,3)11-4-5-13(19)14(20)8-11/h4-5,8,12,15H,6-7,9-10H2,1-3H3,(H2,21,22,23). The lowest BCUT2D eigenvalue weighted by Gasteiger charge is -2.26. The molecule has 3 rings (SSSR count). The van der Waals surface area contributed by atoms with E-state index in [0.717, 1.165) is 19.1 Å². The average molecular weight is 338 g/mol. The summed E-state index contributed by atoms with van der Waals surface area (Å²) < 4.78 is 32.1. The molecule has 2 aliphatic rings. The van der Waals surface area contributed by atoms with Gasteiger partial charge in [0.15, 0.2) is 11.6 Å². The third kappa shape index (κ3) is 3.24. The summed E-state index contributed by atoms with van der Waals surface area (Å²) in [5, 5.41) is 5.82. The van der Waals surface area contributed by atoms with Crippen molar-refractivity contribution in [3.63, 3.8) is 0 Å². The Balaban J connectivity index is 1.52. The highest BCUT2D eigenvalue weighted by Gasteiger charge is 2.52. The van der Waals surface area contributed by atoms with E-state index in [9.17, 15) is 13.6 Å². The van der Waals surface area contributed by atoms with E-state index in [-0.39, 0.29) is 23.1 Å². The molecule has 2 fully saturated rings. The first kappa shape index (κ1) is 17.1. The smallest absolute Gasteiger partial charge is 0.315 e. The number of hydrogen-bond acceptors (Lipinski definition) is 2. The van der Waals surface area contributed by atoms with E-state index < -0.39 is 11.6 Å². The molecule has 1 saturated carbocycles. The fourth-order valence-corrected chi connectivity index (χ4v) is 3.45. The number of urea groups is 1. The van der Waals surface area contributed by atoms with Gasteiger partial charge in [-0.25, -0.2) is 13.6 Å². The minimum atomic E-state index is -0.855. The van der Waals surface area contributed by atoms with Gasteiger partial charge in [-0.15, -0.1) is 0 Å². The molecule has 3 atom stereocenters. The fourth-order valence-electron chi connectivity index (χ4n) is 3.45. The number of rotatable bonds is 4. The molecular formula is C18H24F2N2O2. The predicted molar refractivity (Wildman–Crippen MR) is 86.8 cm³/mol. The zero-order chi connectivity index (χ0) is 17.5. The van der Waals surface area contributed by atoms with Crippen LogP contribution in [-0.4, -0.2) is 30.8 Å². The van der Waals surface area contributed by atoms with Gasteiger partial charge in [-0.3, -0.25) is 0 Å². The van der Waals surface area contributed by atoms with Crippen molar-refractivity contribution in [2.24, 2.45) is 5.92 Å². The van der Waals surface area contributed by atoms with Crippen LogP contribution in [0.15, 0.2) is 18.2 Å². The van der Waals surface area contributed by atoms with Crippen molar-refractivity contribution in [2.45, 2.75) is 50.7 Å². The third-order valence-corrected chi connectivity index (χ3v) is 5.55. The molecule has 2 amide bonds. The first-order valence-corrected chi connectivity index (χ1v) is 8.36. The van der Waals surface area contributed by atoms with E-state index in [2.05, 4.69) is 10.6 Å². The minimum Gasteiger partial charge on any atom is -0.375 e. The summed E-state index contributed by atoms with van der Waals surface area (Å²) in [7, 11) is 0. The van der Waals surface area contributed by atoms with E-state index in [1.54, 1.807) is 6.07 Å². The Labute approximate surface area is 141 Å². The van der Waals surface area contributed by atoms with Crippen LogP contribution >= 0.6 is 0 Å². The van der Waals surface area contributed by atoms with Crippen LogP contribution in [0.1, 0.15) is 39.2 Å². The van der Waals surface area contributed by atoms with Gasteiger partial charge in [0.25, 0.3) is 0 Å². The summed E-state index contributed by atoms with van der Waals surface area (Å²) in [5.41, 5.74) is 0.145. The number of amides is 2. The molecule has 6 heteroatoms. The van der Waals surface area contributed by atoms with Gasteiger partial charge in [0.1, 0.15) is 0 Å². The van der Waals surface area contributed by atoms with Crippen LogP contribution in [0.2, 0.25) is 0 Å². The lowest BCUT2D eigenvalue weighted by molar-refractivity contribution is 0.0120. The van der Waals surface area contributed by atoms with Crippen LogP contribution in [0.25, 0.3) is 0 Å². The monoisotopic (exact) mass is 338 g/mol. The van der Waals surface area contributed by atoms with E-state index >= 15 is 0 Å². The SMILES string of the molecule is CC1(C)OCCC1CNC(=O)NC1CC1(C)c1ccc(F)c(F)c1. The second-order valence-electron chi connectivity index (χ2n) is 7.59. The maximum absolute atomic E-state index is 13.4. The predicted octanol–water partition coefficient (Wildman–Crippen LogP) is 3.11. The minimum absolute atomic E-state index is 0.0739. The van der Waals surface area contributed by atoms with Crippen LogP contribution in [-0.2, 0) is 10.2 Å². The van der Waals surface area contributed by atoms with Gasteiger partial charge in [-0.1, -0.05) is 13.0 Å². The lowest BCUT2D eigenvalue weighted by atomic mass is 9.91. The van der Waals surface area contributed by atoms with E-state index in [4.69, 9.17) is 4.74 Å². The van der Waals surface area contributed by atoms with Crippen molar-refractivity contribution >= 4 is 6.03 Å². The van der Waals surface area contributed by atoms with Gasteiger partial charge >= 0.3 is 6.03 Å². The number of ether oxygens (including phenoxy) is 1. The second kappa shape index (κ2) is 5.99. The van der Waals surface area contributed by atoms with Gasteiger partial charge in [0.05, 0.1) is 5.60 Å². The molecule has 1 aromatic rings. The van der Waals surface area contributed by atoms with Crippen LogP contribution in [0, 0.1) is 17.6 Å². The lowest BCUT2D eigenvalue weighted by Crippen LogP contribution is -2.44. The van der Waals surface area contributed by atoms with Crippen LogP contribution in [0.3, 0.4) is 0 Å². The zero-order valence-electron chi connectivity index (χ0n) is 14.3. The Hall–Kier alpha value is -1.69. The van der Waals surface area contributed by atoms with Crippen molar-refractivity contribution < 1.29 is 18.3 Å². The highest BCUT2D eigenvalue weighted by atomic mass is 19.2. The van der Waals surface area contributed by atoms with Crippen LogP contribution < -0.4 is 10.6 Å². The average Bonchev–Trinajstić information content (AvgIpc) is 3.02. The van der Waals surface area contributed by atoms with Crippen molar-refractivity contribution in [1.82, 2.24) is 10.6 Å². The molecule has 1 aliphatic carbocycles. The highest BCUT2D eigenvalue weighted by molar-refractivity contribution is 5.75. The van der Waals surface area contributed by atoms with E-state index in [0.29, 0.717) is 24.4 Å². The Morgan fingerprint density at radius 2 is 2.04 bits per heavy atom. The third-order valence-electron chi connectivity index (χ3n) is 5.55. The van der Waals surface area contributed by atoms with E-state index in [1.165, 1.54) is 6.07 Å². The molecule has 4 nitrogen and oxygen atoms in total. The van der Waals surface area contributed by atoms with Crippen molar-refractivity contribution in [3.8, 4) is 0 Å².